The summed E-state index contributed by atoms with van der Waals surface area (Å²) in [5, 5.41) is 11.2. The van der Waals surface area contributed by atoms with E-state index in [1.54, 1.807) is 0 Å². The number of hydrogen-bond donors (Lipinski definition) is 1. The lowest BCUT2D eigenvalue weighted by Crippen LogP contribution is -2.13. The van der Waals surface area contributed by atoms with Crippen molar-refractivity contribution in [2.24, 2.45) is 0 Å². The van der Waals surface area contributed by atoms with E-state index in [4.69, 9.17) is 11.6 Å². The van der Waals surface area contributed by atoms with Gasteiger partial charge in [-0.2, -0.15) is 0 Å². The molecule has 2 atom stereocenters. The van der Waals surface area contributed by atoms with Gasteiger partial charge in [0.1, 0.15) is 0 Å². The maximum atomic E-state index is 10.5. The summed E-state index contributed by atoms with van der Waals surface area (Å²) in [4.78, 5) is 0. The van der Waals surface area contributed by atoms with Crippen molar-refractivity contribution >= 4 is 17.7 Å². The molecule has 0 heterocycles. The van der Waals surface area contributed by atoms with Gasteiger partial charge < -0.3 is 5.11 Å². The van der Waals surface area contributed by atoms with Gasteiger partial charge in [-0.05, 0) is 28.8 Å². The van der Waals surface area contributed by atoms with Crippen molar-refractivity contribution in [2.75, 3.05) is 0 Å². The number of halogens is 1. The molecule has 0 amide bonds. The molecule has 90 valence electrons. The summed E-state index contributed by atoms with van der Waals surface area (Å²) in [5.41, 5.74) is 3.16. The third-order valence-corrected chi connectivity index (χ3v) is 3.64. The average Bonchev–Trinajstić information content (AvgIpc) is 2.41. The van der Waals surface area contributed by atoms with E-state index in [1.165, 1.54) is 0 Å². The second-order valence-corrected chi connectivity index (χ2v) is 4.95. The summed E-state index contributed by atoms with van der Waals surface area (Å²) in [5.74, 6) is -0.00262. The third kappa shape index (κ3) is 1.96. The van der Waals surface area contributed by atoms with Crippen molar-refractivity contribution in [3.05, 3.63) is 76.3 Å². The van der Waals surface area contributed by atoms with Crippen molar-refractivity contribution < 1.29 is 5.11 Å². The van der Waals surface area contributed by atoms with Gasteiger partial charge in [0.05, 0.1) is 6.10 Å². The van der Waals surface area contributed by atoms with E-state index in [2.05, 4.69) is 12.2 Å². The van der Waals surface area contributed by atoms with Crippen LogP contribution in [0.4, 0.5) is 0 Å². The number of fused-ring (bicyclic) bond motifs is 1. The largest absolute Gasteiger partial charge is 0.387 e. The van der Waals surface area contributed by atoms with Crippen LogP contribution in [-0.2, 0) is 0 Å². The Morgan fingerprint density at radius 3 is 2.44 bits per heavy atom. The van der Waals surface area contributed by atoms with E-state index >= 15 is 0 Å². The molecular formula is C16H13ClO. The fourth-order valence-corrected chi connectivity index (χ4v) is 2.54. The van der Waals surface area contributed by atoms with Crippen LogP contribution in [0.5, 0.6) is 0 Å². The average molecular weight is 257 g/mol. The topological polar surface area (TPSA) is 20.2 Å². The quantitative estimate of drug-likeness (QED) is 0.811. The molecule has 2 heteroatoms. The lowest BCUT2D eigenvalue weighted by molar-refractivity contribution is 0.160. The Hall–Kier alpha value is -1.57. The Balaban J connectivity index is 2.00. The molecule has 3 rings (SSSR count). The van der Waals surface area contributed by atoms with Gasteiger partial charge in [0.25, 0.3) is 0 Å². The Bertz CT molecular complexity index is 586. The highest BCUT2D eigenvalue weighted by Gasteiger charge is 2.24. The molecule has 1 N–H and O–H groups in total. The van der Waals surface area contributed by atoms with Crippen molar-refractivity contribution in [3.63, 3.8) is 0 Å². The standard InChI is InChI=1S/C16H13ClO/c17-13-8-5-12(6-9-13)15-10-7-11-3-1-2-4-14(11)16(15)18/h1-10,15-16,18H. The molecular weight excluding hydrogens is 244 g/mol. The maximum Gasteiger partial charge on any atom is 0.0899 e. The predicted molar refractivity (Wildman–Crippen MR) is 74.6 cm³/mol. The van der Waals surface area contributed by atoms with Crippen LogP contribution in [0.3, 0.4) is 0 Å². The first-order valence-corrected chi connectivity index (χ1v) is 6.34. The molecule has 0 saturated heterocycles. The molecule has 1 aliphatic rings. The van der Waals surface area contributed by atoms with Gasteiger partial charge >= 0.3 is 0 Å². The van der Waals surface area contributed by atoms with Crippen LogP contribution in [0.2, 0.25) is 5.02 Å². The predicted octanol–water partition coefficient (Wildman–Crippen LogP) is 4.18. The molecule has 1 aliphatic carbocycles. The second-order valence-electron chi connectivity index (χ2n) is 4.51. The molecule has 1 nitrogen and oxygen atoms in total. The number of hydrogen-bond acceptors (Lipinski definition) is 1. The first kappa shape index (κ1) is 11.5. The fourth-order valence-electron chi connectivity index (χ4n) is 2.42. The van der Waals surface area contributed by atoms with Gasteiger partial charge in [-0.25, -0.2) is 0 Å². The SMILES string of the molecule is OC1c2ccccc2C=CC1c1ccc(Cl)cc1. The van der Waals surface area contributed by atoms with Crippen molar-refractivity contribution in [1.82, 2.24) is 0 Å². The molecule has 0 bridgehead atoms. The molecule has 0 aliphatic heterocycles. The summed E-state index contributed by atoms with van der Waals surface area (Å²) >= 11 is 5.89. The Morgan fingerprint density at radius 2 is 1.67 bits per heavy atom. The first-order chi connectivity index (χ1) is 8.75. The molecule has 18 heavy (non-hydrogen) atoms. The van der Waals surface area contributed by atoms with Crippen LogP contribution in [-0.4, -0.2) is 5.11 Å². The number of aliphatic hydroxyl groups is 1. The summed E-state index contributed by atoms with van der Waals surface area (Å²) in [7, 11) is 0. The zero-order valence-electron chi connectivity index (χ0n) is 9.75. The van der Waals surface area contributed by atoms with E-state index in [0.29, 0.717) is 5.02 Å². The van der Waals surface area contributed by atoms with Gasteiger partial charge in [-0.3, -0.25) is 0 Å². The van der Waals surface area contributed by atoms with Gasteiger partial charge in [0.2, 0.25) is 0 Å². The van der Waals surface area contributed by atoms with Crippen LogP contribution >= 0.6 is 11.6 Å². The lowest BCUT2D eigenvalue weighted by Gasteiger charge is -2.26. The van der Waals surface area contributed by atoms with Crippen molar-refractivity contribution in [1.29, 1.82) is 0 Å². The van der Waals surface area contributed by atoms with E-state index in [1.807, 2.05) is 48.5 Å². The molecule has 0 radical (unpaired) electrons. The monoisotopic (exact) mass is 256 g/mol. The van der Waals surface area contributed by atoms with Gasteiger partial charge in [0, 0.05) is 10.9 Å². The van der Waals surface area contributed by atoms with Gasteiger partial charge in [-0.15, -0.1) is 0 Å². The van der Waals surface area contributed by atoms with E-state index < -0.39 is 6.10 Å². The van der Waals surface area contributed by atoms with E-state index in [-0.39, 0.29) is 5.92 Å². The van der Waals surface area contributed by atoms with E-state index in [0.717, 1.165) is 16.7 Å². The minimum atomic E-state index is -0.493. The normalized spacial score (nSPS) is 21.7. The summed E-state index contributed by atoms with van der Waals surface area (Å²) in [6, 6.07) is 15.6. The Kier molecular flexibility index (Phi) is 2.94. The minimum Gasteiger partial charge on any atom is -0.387 e. The van der Waals surface area contributed by atoms with Crippen LogP contribution in [0.15, 0.2) is 54.6 Å². The number of rotatable bonds is 1. The highest BCUT2D eigenvalue weighted by Crippen LogP contribution is 2.38. The zero-order valence-corrected chi connectivity index (χ0v) is 10.5. The fraction of sp³-hybridized carbons (Fsp3) is 0.125. The molecule has 0 fully saturated rings. The molecule has 2 aromatic rings. The van der Waals surface area contributed by atoms with Gasteiger partial charge in [-0.1, -0.05) is 60.2 Å². The van der Waals surface area contributed by atoms with Crippen LogP contribution < -0.4 is 0 Å². The van der Waals surface area contributed by atoms with Crippen LogP contribution in [0, 0.1) is 0 Å². The maximum absolute atomic E-state index is 10.5. The third-order valence-electron chi connectivity index (χ3n) is 3.39. The summed E-state index contributed by atoms with van der Waals surface area (Å²) in [6.07, 6.45) is 3.63. The van der Waals surface area contributed by atoms with E-state index in [9.17, 15) is 5.11 Å². The lowest BCUT2D eigenvalue weighted by atomic mass is 9.83. The minimum absolute atomic E-state index is 0.00262. The Labute approximate surface area is 111 Å². The second kappa shape index (κ2) is 4.60. The molecule has 2 aromatic carbocycles. The molecule has 0 aromatic heterocycles. The molecule has 2 unspecified atom stereocenters. The van der Waals surface area contributed by atoms with Crippen molar-refractivity contribution in [3.8, 4) is 0 Å². The summed E-state index contributed by atoms with van der Waals surface area (Å²) < 4.78 is 0. The highest BCUT2D eigenvalue weighted by atomic mass is 35.5. The number of benzene rings is 2. The van der Waals surface area contributed by atoms with Crippen molar-refractivity contribution in [2.45, 2.75) is 12.0 Å². The molecule has 0 spiro atoms. The smallest absolute Gasteiger partial charge is 0.0899 e. The first-order valence-electron chi connectivity index (χ1n) is 5.96. The molecule has 0 saturated carbocycles. The summed E-state index contributed by atoms with van der Waals surface area (Å²) in [6.45, 7) is 0. The zero-order chi connectivity index (χ0) is 12.5. The Morgan fingerprint density at radius 1 is 0.944 bits per heavy atom. The van der Waals surface area contributed by atoms with Crippen LogP contribution in [0.25, 0.3) is 6.08 Å². The number of aliphatic hydroxyl groups excluding tert-OH is 1. The van der Waals surface area contributed by atoms with Gasteiger partial charge in [0.15, 0.2) is 0 Å². The van der Waals surface area contributed by atoms with Crippen LogP contribution in [0.1, 0.15) is 28.7 Å². The highest BCUT2D eigenvalue weighted by molar-refractivity contribution is 6.30.